The Kier molecular flexibility index (Phi) is 3.83. The summed E-state index contributed by atoms with van der Waals surface area (Å²) < 4.78 is 0. The molecule has 102 valence electrons. The lowest BCUT2D eigenvalue weighted by Gasteiger charge is -2.32. The maximum Gasteiger partial charge on any atom is 0.156 e. The molecular formula is C16H22N2O. The summed E-state index contributed by atoms with van der Waals surface area (Å²) in [5, 5.41) is 3.33. The summed E-state index contributed by atoms with van der Waals surface area (Å²) in [6.07, 6.45) is 4.49. The van der Waals surface area contributed by atoms with E-state index >= 15 is 0 Å². The number of piperidine rings is 1. The van der Waals surface area contributed by atoms with Crippen LogP contribution in [0.5, 0.6) is 0 Å². The number of anilines is 1. The minimum absolute atomic E-state index is 0.225. The summed E-state index contributed by atoms with van der Waals surface area (Å²) in [5.74, 6) is 0.631. The molecule has 0 amide bonds. The van der Waals surface area contributed by atoms with E-state index in [0.717, 1.165) is 45.3 Å². The van der Waals surface area contributed by atoms with E-state index in [-0.39, 0.29) is 5.92 Å². The summed E-state index contributed by atoms with van der Waals surface area (Å²) in [4.78, 5) is 14.7. The molecule has 3 rings (SSSR count). The molecule has 3 heteroatoms. The number of rotatable bonds is 3. The van der Waals surface area contributed by atoms with Gasteiger partial charge < -0.3 is 10.2 Å². The molecule has 0 aromatic heterocycles. The highest BCUT2D eigenvalue weighted by molar-refractivity contribution is 5.86. The number of benzene rings is 1. The Bertz CT molecular complexity index is 452. The average Bonchev–Trinajstić information content (AvgIpc) is 2.48. The van der Waals surface area contributed by atoms with Crippen molar-refractivity contribution in [1.29, 1.82) is 0 Å². The van der Waals surface area contributed by atoms with Crippen LogP contribution >= 0.6 is 0 Å². The molecule has 1 N–H and O–H groups in total. The van der Waals surface area contributed by atoms with E-state index in [1.54, 1.807) is 0 Å². The Hall–Kier alpha value is -1.35. The van der Waals surface area contributed by atoms with Gasteiger partial charge in [0.2, 0.25) is 0 Å². The molecule has 2 aliphatic heterocycles. The first kappa shape index (κ1) is 12.7. The number of nitrogens with one attached hydrogen (secondary N) is 1. The van der Waals surface area contributed by atoms with Gasteiger partial charge in [-0.3, -0.25) is 4.79 Å². The number of hydrogen-bond acceptors (Lipinski definition) is 3. The molecule has 1 aromatic carbocycles. The van der Waals surface area contributed by atoms with Crippen molar-refractivity contribution in [2.24, 2.45) is 5.92 Å². The lowest BCUT2D eigenvalue weighted by molar-refractivity contribution is -0.122. The van der Waals surface area contributed by atoms with Gasteiger partial charge in [0.25, 0.3) is 0 Å². The second-order valence-electron chi connectivity index (χ2n) is 5.66. The number of para-hydroxylation sites is 1. The van der Waals surface area contributed by atoms with Crippen LogP contribution < -0.4 is 10.2 Å². The third-order valence-electron chi connectivity index (χ3n) is 4.31. The maximum atomic E-state index is 12.4. The summed E-state index contributed by atoms with van der Waals surface area (Å²) >= 11 is 0. The minimum atomic E-state index is 0.225. The summed E-state index contributed by atoms with van der Waals surface area (Å²) in [6, 6.07) is 8.51. The average molecular weight is 258 g/mol. The van der Waals surface area contributed by atoms with Crippen LogP contribution in [0.3, 0.4) is 0 Å². The fraction of sp³-hybridized carbons (Fsp3) is 0.562. The standard InChI is InChI=1S/C16H22N2O/c19-16(14-6-3-9-17-11-14)12-18-10-4-7-13-5-1-2-8-15(13)18/h1-2,5,8,14,17H,3-4,6-7,9-12H2. The number of carbonyl (C=O) groups excluding carboxylic acids is 1. The molecule has 1 saturated heterocycles. The first-order valence-corrected chi connectivity index (χ1v) is 7.41. The predicted molar refractivity (Wildman–Crippen MR) is 77.6 cm³/mol. The summed E-state index contributed by atoms with van der Waals surface area (Å²) in [7, 11) is 0. The molecule has 3 nitrogen and oxygen atoms in total. The molecule has 0 spiro atoms. The predicted octanol–water partition coefficient (Wildman–Crippen LogP) is 2.01. The molecule has 0 bridgehead atoms. The zero-order valence-corrected chi connectivity index (χ0v) is 11.4. The minimum Gasteiger partial charge on any atom is -0.364 e. The van der Waals surface area contributed by atoms with Crippen molar-refractivity contribution in [3.05, 3.63) is 29.8 Å². The van der Waals surface area contributed by atoms with Crippen LogP contribution in [0.15, 0.2) is 24.3 Å². The normalized spacial score (nSPS) is 22.9. The maximum absolute atomic E-state index is 12.4. The van der Waals surface area contributed by atoms with Gasteiger partial charge in [-0.15, -0.1) is 0 Å². The van der Waals surface area contributed by atoms with Crippen LogP contribution in [0.1, 0.15) is 24.8 Å². The lowest BCUT2D eigenvalue weighted by Crippen LogP contribution is -2.41. The Morgan fingerprint density at radius 2 is 2.21 bits per heavy atom. The molecule has 1 aromatic rings. The third-order valence-corrected chi connectivity index (χ3v) is 4.31. The summed E-state index contributed by atoms with van der Waals surface area (Å²) in [6.45, 7) is 3.54. The van der Waals surface area contributed by atoms with Crippen LogP contribution in [0.25, 0.3) is 0 Å². The number of nitrogens with zero attached hydrogens (tertiary/aromatic N) is 1. The number of ketones is 1. The highest BCUT2D eigenvalue weighted by Crippen LogP contribution is 2.27. The van der Waals surface area contributed by atoms with E-state index in [9.17, 15) is 4.79 Å². The highest BCUT2D eigenvalue weighted by atomic mass is 16.1. The second kappa shape index (κ2) is 5.74. The smallest absolute Gasteiger partial charge is 0.156 e. The van der Waals surface area contributed by atoms with Crippen LogP contribution in [0.4, 0.5) is 5.69 Å². The summed E-state index contributed by atoms with van der Waals surface area (Å²) in [5.41, 5.74) is 2.66. The number of aryl methyl sites for hydroxylation is 1. The second-order valence-corrected chi connectivity index (χ2v) is 5.66. The zero-order valence-electron chi connectivity index (χ0n) is 11.4. The molecule has 2 heterocycles. The SMILES string of the molecule is O=C(CN1CCCc2ccccc21)C1CCCNC1. The third kappa shape index (κ3) is 2.81. The van der Waals surface area contributed by atoms with Crippen molar-refractivity contribution in [3.63, 3.8) is 0 Å². The zero-order chi connectivity index (χ0) is 13.1. The van der Waals surface area contributed by atoms with E-state index in [4.69, 9.17) is 0 Å². The van der Waals surface area contributed by atoms with Gasteiger partial charge in [-0.1, -0.05) is 18.2 Å². The van der Waals surface area contributed by atoms with E-state index < -0.39 is 0 Å². The largest absolute Gasteiger partial charge is 0.364 e. The van der Waals surface area contributed by atoms with Gasteiger partial charge in [-0.25, -0.2) is 0 Å². The molecule has 2 aliphatic rings. The van der Waals surface area contributed by atoms with E-state index in [0.29, 0.717) is 12.3 Å². The first-order valence-electron chi connectivity index (χ1n) is 7.41. The Morgan fingerprint density at radius 1 is 1.32 bits per heavy atom. The number of hydrogen-bond donors (Lipinski definition) is 1. The van der Waals surface area contributed by atoms with Crippen molar-refractivity contribution in [2.75, 3.05) is 31.1 Å². The molecule has 19 heavy (non-hydrogen) atoms. The molecular weight excluding hydrogens is 236 g/mol. The van der Waals surface area contributed by atoms with Crippen molar-refractivity contribution in [1.82, 2.24) is 5.32 Å². The van der Waals surface area contributed by atoms with Gasteiger partial charge in [-0.05, 0) is 43.9 Å². The van der Waals surface area contributed by atoms with Crippen LogP contribution in [0, 0.1) is 5.92 Å². The quantitative estimate of drug-likeness (QED) is 0.900. The van der Waals surface area contributed by atoms with Crippen molar-refractivity contribution in [2.45, 2.75) is 25.7 Å². The molecule has 1 fully saturated rings. The van der Waals surface area contributed by atoms with Gasteiger partial charge >= 0.3 is 0 Å². The van der Waals surface area contributed by atoms with Crippen LogP contribution in [0.2, 0.25) is 0 Å². The molecule has 0 saturated carbocycles. The van der Waals surface area contributed by atoms with E-state index in [1.807, 2.05) is 0 Å². The lowest BCUT2D eigenvalue weighted by atomic mass is 9.94. The van der Waals surface area contributed by atoms with Crippen molar-refractivity contribution >= 4 is 11.5 Å². The molecule has 0 radical (unpaired) electrons. The fourth-order valence-corrected chi connectivity index (χ4v) is 3.22. The van der Waals surface area contributed by atoms with Crippen LogP contribution in [-0.4, -0.2) is 32.0 Å². The highest BCUT2D eigenvalue weighted by Gasteiger charge is 2.24. The monoisotopic (exact) mass is 258 g/mol. The van der Waals surface area contributed by atoms with Gasteiger partial charge in [0.15, 0.2) is 5.78 Å². The first-order chi connectivity index (χ1) is 9.34. The topological polar surface area (TPSA) is 32.3 Å². The van der Waals surface area contributed by atoms with Gasteiger partial charge in [0.05, 0.1) is 6.54 Å². The fourth-order valence-electron chi connectivity index (χ4n) is 3.22. The van der Waals surface area contributed by atoms with E-state index in [2.05, 4.69) is 34.5 Å². The van der Waals surface area contributed by atoms with Crippen LogP contribution in [-0.2, 0) is 11.2 Å². The van der Waals surface area contributed by atoms with Gasteiger partial charge in [0.1, 0.15) is 0 Å². The Labute approximate surface area is 115 Å². The van der Waals surface area contributed by atoms with Crippen molar-refractivity contribution < 1.29 is 4.79 Å². The number of carbonyl (C=O) groups is 1. The Morgan fingerprint density at radius 3 is 3.05 bits per heavy atom. The molecule has 0 aliphatic carbocycles. The van der Waals surface area contributed by atoms with Gasteiger partial charge in [0, 0.05) is 24.7 Å². The molecule has 1 atom stereocenters. The Balaban J connectivity index is 1.68. The van der Waals surface area contributed by atoms with Gasteiger partial charge in [-0.2, -0.15) is 0 Å². The number of fused-ring (bicyclic) bond motifs is 1. The van der Waals surface area contributed by atoms with E-state index in [1.165, 1.54) is 11.3 Å². The van der Waals surface area contributed by atoms with Crippen molar-refractivity contribution in [3.8, 4) is 0 Å². The number of Topliss-reactive ketones (excluding diaryl/α,β-unsaturated/α-hetero) is 1. The molecule has 1 unspecified atom stereocenters.